The number of benzene rings is 5. The van der Waals surface area contributed by atoms with E-state index in [-0.39, 0.29) is 27.5 Å². The van der Waals surface area contributed by atoms with E-state index in [4.69, 9.17) is 9.47 Å². The zero-order valence-corrected chi connectivity index (χ0v) is 30.8. The number of fused-ring (bicyclic) bond motifs is 3. The second-order valence-corrected chi connectivity index (χ2v) is 15.6. The summed E-state index contributed by atoms with van der Waals surface area (Å²) in [6, 6.07) is 43.4. The maximum atomic E-state index is 14.0. The number of carbonyl (C=O) groups excluding carboxylic acids is 3. The van der Waals surface area contributed by atoms with Crippen molar-refractivity contribution in [1.29, 1.82) is 0 Å². The van der Waals surface area contributed by atoms with Gasteiger partial charge in [0.2, 0.25) is 0 Å². The molecule has 51 heavy (non-hydrogen) atoms. The van der Waals surface area contributed by atoms with Crippen LogP contribution in [0, 0.1) is 0 Å². The molecule has 2 amide bonds. The molecule has 6 rings (SSSR count). The quantitative estimate of drug-likeness (QED) is 0.0890. The summed E-state index contributed by atoms with van der Waals surface area (Å²) in [6.07, 6.45) is -1.34. The number of rotatable bonds is 15. The average molecular weight is 764 g/mol. The van der Waals surface area contributed by atoms with Gasteiger partial charge < -0.3 is 0 Å². The van der Waals surface area contributed by atoms with Crippen molar-refractivity contribution < 1.29 is 23.9 Å². The Morgan fingerprint density at radius 3 is 1.78 bits per heavy atom. The van der Waals surface area contributed by atoms with Crippen LogP contribution < -0.4 is 15.1 Å². The number of hydrogen-bond acceptors (Lipinski definition) is 6. The molecule has 5 aromatic carbocycles. The Bertz CT molecular complexity index is 1830. The van der Waals surface area contributed by atoms with Gasteiger partial charge in [0.15, 0.2) is 0 Å². The van der Waals surface area contributed by atoms with Crippen molar-refractivity contribution in [2.24, 2.45) is 0 Å². The number of alkyl carbamates (subject to hydrolysis) is 1. The molecule has 1 aliphatic rings. The van der Waals surface area contributed by atoms with E-state index < -0.39 is 36.2 Å². The molecule has 0 aromatic heterocycles. The Hall–Kier alpha value is -4.82. The van der Waals surface area contributed by atoms with Crippen LogP contribution in [0.25, 0.3) is 11.1 Å². The first-order valence-corrected chi connectivity index (χ1v) is 20.2. The zero-order chi connectivity index (χ0) is 35.4. The van der Waals surface area contributed by atoms with E-state index >= 15 is 0 Å². The van der Waals surface area contributed by atoms with Crippen molar-refractivity contribution in [3.63, 3.8) is 0 Å². The van der Waals surface area contributed by atoms with Crippen LogP contribution in [0.3, 0.4) is 0 Å². The number of hydrogen-bond donors (Lipinski definition) is 2. The molecular formula is C42H40N2O5SSe. The molecule has 0 radical (unpaired) electrons. The summed E-state index contributed by atoms with van der Waals surface area (Å²) in [5.74, 6) is -0.0567. The SMILES string of the molecule is CCSC[C@H](NC(=O)OCC1c2ccccc2-c2ccccc21)C(=O)N[C@@H](C[Se]c1ccccc1)C(=O)OC(c1ccccc1)c1ccccc1. The molecule has 7 nitrogen and oxygen atoms in total. The van der Waals surface area contributed by atoms with Crippen molar-refractivity contribution in [1.82, 2.24) is 10.6 Å². The maximum absolute atomic E-state index is 14.0. The molecule has 0 saturated heterocycles. The van der Waals surface area contributed by atoms with Crippen molar-refractivity contribution in [2.75, 3.05) is 18.1 Å². The van der Waals surface area contributed by atoms with Crippen LogP contribution in [-0.4, -0.2) is 63.1 Å². The molecule has 0 spiro atoms. The van der Waals surface area contributed by atoms with Gasteiger partial charge in [0.25, 0.3) is 0 Å². The average Bonchev–Trinajstić information content (AvgIpc) is 3.50. The second kappa shape index (κ2) is 17.9. The van der Waals surface area contributed by atoms with E-state index in [2.05, 4.69) is 34.9 Å². The van der Waals surface area contributed by atoms with Gasteiger partial charge in [-0.3, -0.25) is 0 Å². The molecule has 9 heteroatoms. The number of thioether (sulfide) groups is 1. The summed E-state index contributed by atoms with van der Waals surface area (Å²) in [6.45, 7) is 2.12. The summed E-state index contributed by atoms with van der Waals surface area (Å²) in [5, 5.41) is 6.12. The third kappa shape index (κ3) is 9.30. The molecule has 260 valence electrons. The molecule has 5 aromatic rings. The third-order valence-corrected chi connectivity index (χ3v) is 11.9. The molecule has 2 N–H and O–H groups in total. The summed E-state index contributed by atoms with van der Waals surface area (Å²) < 4.78 is 13.1. The first kappa shape index (κ1) is 36.0. The van der Waals surface area contributed by atoms with E-state index in [9.17, 15) is 14.4 Å². The number of amides is 2. The van der Waals surface area contributed by atoms with E-state index in [0.717, 1.165) is 43.6 Å². The van der Waals surface area contributed by atoms with Gasteiger partial charge in [-0.15, -0.1) is 0 Å². The standard InChI is InChI=1S/C42H40N2O5SSe/c1-2-50-27-37(44-42(47)48-26-36-34-24-14-12-22-32(34)33-23-13-15-25-35(33)36)40(45)43-38(28-51-31-20-10-5-11-21-31)41(46)49-39(29-16-6-3-7-17-29)30-18-8-4-9-19-30/h3-25,36-39H,2,26-28H2,1H3,(H,43,45)(H,44,47)/t37-,38-/m0/s1. The summed E-state index contributed by atoms with van der Waals surface area (Å²) in [5.41, 5.74) is 6.13. The molecule has 0 fully saturated rings. The van der Waals surface area contributed by atoms with Gasteiger partial charge in [0.05, 0.1) is 0 Å². The minimum atomic E-state index is -0.939. The Balaban J connectivity index is 1.16. The monoisotopic (exact) mass is 764 g/mol. The van der Waals surface area contributed by atoms with Gasteiger partial charge in [-0.1, -0.05) is 36.4 Å². The number of ether oxygens (including phenoxy) is 2. The Morgan fingerprint density at radius 1 is 0.686 bits per heavy atom. The Morgan fingerprint density at radius 2 is 1.22 bits per heavy atom. The molecule has 0 heterocycles. The summed E-state index contributed by atoms with van der Waals surface area (Å²) in [7, 11) is 0. The van der Waals surface area contributed by atoms with Crippen LogP contribution in [0.5, 0.6) is 0 Å². The normalized spacial score (nSPS) is 13.1. The summed E-state index contributed by atoms with van der Waals surface area (Å²) >= 11 is 1.38. The van der Waals surface area contributed by atoms with Crippen LogP contribution in [0.4, 0.5) is 4.79 Å². The van der Waals surface area contributed by atoms with Gasteiger partial charge in [0, 0.05) is 0 Å². The fourth-order valence-electron chi connectivity index (χ4n) is 6.12. The van der Waals surface area contributed by atoms with Crippen LogP contribution >= 0.6 is 11.8 Å². The van der Waals surface area contributed by atoms with E-state index in [1.54, 1.807) is 0 Å². The number of nitrogens with one attached hydrogen (secondary N) is 2. The Kier molecular flexibility index (Phi) is 12.6. The first-order valence-electron chi connectivity index (χ1n) is 17.0. The molecule has 0 aliphatic heterocycles. The fourth-order valence-corrected chi connectivity index (χ4v) is 8.77. The van der Waals surface area contributed by atoms with Gasteiger partial charge in [-0.05, 0) is 0 Å². The minimum absolute atomic E-state index is 0.109. The van der Waals surface area contributed by atoms with Gasteiger partial charge in [-0.2, -0.15) is 0 Å². The van der Waals surface area contributed by atoms with Crippen molar-refractivity contribution in [2.45, 2.75) is 36.3 Å². The third-order valence-electron chi connectivity index (χ3n) is 8.64. The second-order valence-electron chi connectivity index (χ2n) is 12.0. The van der Waals surface area contributed by atoms with Gasteiger partial charge in [-0.25, -0.2) is 0 Å². The topological polar surface area (TPSA) is 93.7 Å². The number of carbonyl (C=O) groups is 3. The summed E-state index contributed by atoms with van der Waals surface area (Å²) in [4.78, 5) is 41.2. The van der Waals surface area contributed by atoms with Gasteiger partial charge >= 0.3 is 275 Å². The van der Waals surface area contributed by atoms with Crippen molar-refractivity contribution in [3.8, 4) is 11.1 Å². The fraction of sp³-hybridized carbons (Fsp3) is 0.214. The number of esters is 1. The van der Waals surface area contributed by atoms with E-state index in [1.165, 1.54) is 11.8 Å². The van der Waals surface area contributed by atoms with Crippen LogP contribution in [0.15, 0.2) is 140 Å². The molecule has 0 unspecified atom stereocenters. The first-order chi connectivity index (χ1) is 25.0. The van der Waals surface area contributed by atoms with Crippen LogP contribution in [0.2, 0.25) is 5.32 Å². The van der Waals surface area contributed by atoms with Gasteiger partial charge in [0.1, 0.15) is 0 Å². The molecule has 0 saturated carbocycles. The van der Waals surface area contributed by atoms with E-state index in [1.807, 2.05) is 122 Å². The predicted octanol–water partition coefficient (Wildman–Crippen LogP) is 6.91. The molecule has 1 aliphatic carbocycles. The predicted molar refractivity (Wildman–Crippen MR) is 204 cm³/mol. The molecular weight excluding hydrogens is 723 g/mol. The molecule has 2 atom stereocenters. The van der Waals surface area contributed by atoms with Crippen molar-refractivity contribution in [3.05, 3.63) is 162 Å². The van der Waals surface area contributed by atoms with Crippen LogP contribution in [0.1, 0.15) is 41.2 Å². The Labute approximate surface area is 309 Å². The van der Waals surface area contributed by atoms with Crippen LogP contribution in [-0.2, 0) is 19.1 Å². The molecule has 0 bridgehead atoms. The van der Waals surface area contributed by atoms with Crippen molar-refractivity contribution >= 4 is 49.2 Å². The zero-order valence-electron chi connectivity index (χ0n) is 28.3. The van der Waals surface area contributed by atoms with E-state index in [0.29, 0.717) is 11.1 Å².